The number of aryl methyl sites for hydroxylation is 2. The number of nitrogens with zero attached hydrogens (tertiary/aromatic N) is 4. The van der Waals surface area contributed by atoms with Gasteiger partial charge in [-0.1, -0.05) is 38.1 Å². The van der Waals surface area contributed by atoms with Crippen molar-refractivity contribution in [2.75, 3.05) is 35.2 Å². The average Bonchev–Trinajstić information content (AvgIpc) is 3.80. The number of carbonyl (C=O) groups excluding carboxylic acids is 6. The van der Waals surface area contributed by atoms with Crippen LogP contribution in [0.2, 0.25) is 0 Å². The summed E-state index contributed by atoms with van der Waals surface area (Å²) in [6, 6.07) is 14.3. The van der Waals surface area contributed by atoms with Crippen LogP contribution in [0.1, 0.15) is 106 Å². The van der Waals surface area contributed by atoms with E-state index in [4.69, 9.17) is 11.5 Å². The third-order valence-corrected chi connectivity index (χ3v) is 11.7. The van der Waals surface area contributed by atoms with Gasteiger partial charge in [0.25, 0.3) is 11.8 Å². The number of piperidine rings is 2. The Bertz CT molecular complexity index is 2240. The number of carbonyl (C=O) groups is 6. The third-order valence-electron chi connectivity index (χ3n) is 11.7. The number of nitrogens with one attached hydrogen (secondary N) is 4. The Morgan fingerprint density at radius 3 is 1.42 bits per heavy atom. The van der Waals surface area contributed by atoms with Crippen molar-refractivity contribution in [2.45, 2.75) is 78.6 Å². The molecule has 4 aliphatic heterocycles. The molecule has 0 radical (unpaired) electrons. The molecule has 0 aliphatic carbocycles. The van der Waals surface area contributed by atoms with Gasteiger partial charge in [0.1, 0.15) is 11.6 Å². The zero-order valence-corrected chi connectivity index (χ0v) is 34.1. The van der Waals surface area contributed by atoms with E-state index in [0.29, 0.717) is 72.2 Å². The summed E-state index contributed by atoms with van der Waals surface area (Å²) in [7, 11) is 0. The summed E-state index contributed by atoms with van der Waals surface area (Å²) in [5.41, 5.74) is 18.8. The molecule has 2 saturated heterocycles. The SMILES string of the molecule is Cc1cc(NC(=O)C(=O)N2C[C@@H](C)CC[C@@H]2c2ccc3c(c2)CNC3=O)cnc1N.Cc1cc(NC(=O)C(=O)N2C[C@H](C)CC[C@H]2c2ccc3c(c2)CNC3=O)cnc1N. The normalized spacial score (nSPS) is 20.5. The summed E-state index contributed by atoms with van der Waals surface area (Å²) in [5, 5.41) is 10.9. The molecular formula is C44H50N10O6. The smallest absolute Gasteiger partial charge is 0.313 e. The van der Waals surface area contributed by atoms with Crippen LogP contribution in [0.25, 0.3) is 0 Å². The summed E-state index contributed by atoms with van der Waals surface area (Å²) >= 11 is 0. The lowest BCUT2D eigenvalue weighted by atomic mass is 9.88. The number of hydrogen-bond donors (Lipinski definition) is 6. The van der Waals surface area contributed by atoms with E-state index < -0.39 is 23.6 Å². The average molecular weight is 815 g/mol. The number of amides is 6. The summed E-state index contributed by atoms with van der Waals surface area (Å²) in [5.74, 6) is -1.32. The lowest BCUT2D eigenvalue weighted by Crippen LogP contribution is -2.46. The largest absolute Gasteiger partial charge is 0.383 e. The molecule has 0 spiro atoms. The van der Waals surface area contributed by atoms with Crippen molar-refractivity contribution in [2.24, 2.45) is 11.8 Å². The van der Waals surface area contributed by atoms with Gasteiger partial charge in [-0.25, -0.2) is 9.97 Å². The van der Waals surface area contributed by atoms with Crippen molar-refractivity contribution in [3.63, 3.8) is 0 Å². The van der Waals surface area contributed by atoms with Crippen LogP contribution in [-0.4, -0.2) is 68.3 Å². The van der Waals surface area contributed by atoms with Gasteiger partial charge in [-0.3, -0.25) is 28.8 Å². The van der Waals surface area contributed by atoms with Gasteiger partial charge in [-0.2, -0.15) is 0 Å². The second kappa shape index (κ2) is 17.2. The number of fused-ring (bicyclic) bond motifs is 2. The molecule has 16 nitrogen and oxygen atoms in total. The highest BCUT2D eigenvalue weighted by Crippen LogP contribution is 2.36. The van der Waals surface area contributed by atoms with Crippen LogP contribution in [0.15, 0.2) is 60.9 Å². The van der Waals surface area contributed by atoms with E-state index in [9.17, 15) is 28.8 Å². The molecule has 2 aromatic carbocycles. The molecule has 8 N–H and O–H groups in total. The van der Waals surface area contributed by atoms with E-state index in [1.165, 1.54) is 12.4 Å². The van der Waals surface area contributed by atoms with Gasteiger partial charge in [0.2, 0.25) is 0 Å². The fourth-order valence-corrected chi connectivity index (χ4v) is 8.30. The molecule has 4 aliphatic rings. The number of hydrogen-bond acceptors (Lipinski definition) is 10. The minimum Gasteiger partial charge on any atom is -0.383 e. The lowest BCUT2D eigenvalue weighted by molar-refractivity contribution is -0.146. The van der Waals surface area contributed by atoms with Gasteiger partial charge >= 0.3 is 23.6 Å². The molecule has 2 aromatic heterocycles. The molecule has 6 heterocycles. The topological polar surface area (TPSA) is 235 Å². The maximum Gasteiger partial charge on any atom is 0.313 e. The Balaban J connectivity index is 0.000000181. The van der Waals surface area contributed by atoms with Crippen LogP contribution >= 0.6 is 0 Å². The van der Waals surface area contributed by atoms with Gasteiger partial charge < -0.3 is 42.5 Å². The number of pyridine rings is 2. The van der Waals surface area contributed by atoms with Gasteiger partial charge in [-0.05, 0) is 109 Å². The van der Waals surface area contributed by atoms with Crippen molar-refractivity contribution in [1.29, 1.82) is 0 Å². The Morgan fingerprint density at radius 2 is 1.03 bits per heavy atom. The zero-order chi connectivity index (χ0) is 42.8. The molecule has 60 heavy (non-hydrogen) atoms. The fourth-order valence-electron chi connectivity index (χ4n) is 8.30. The van der Waals surface area contributed by atoms with E-state index in [0.717, 1.165) is 59.1 Å². The molecular weight excluding hydrogens is 765 g/mol. The Morgan fingerprint density at radius 1 is 0.633 bits per heavy atom. The van der Waals surface area contributed by atoms with Crippen molar-refractivity contribution in [3.8, 4) is 0 Å². The molecule has 0 unspecified atom stereocenters. The molecule has 4 atom stereocenters. The van der Waals surface area contributed by atoms with Gasteiger partial charge in [0.15, 0.2) is 0 Å². The van der Waals surface area contributed by atoms with Crippen molar-refractivity contribution >= 4 is 58.5 Å². The Hall–Kier alpha value is -6.84. The number of benzene rings is 2. The summed E-state index contributed by atoms with van der Waals surface area (Å²) in [6.07, 6.45) is 6.34. The number of aromatic nitrogens is 2. The Labute approximate surface area is 347 Å². The summed E-state index contributed by atoms with van der Waals surface area (Å²) < 4.78 is 0. The van der Waals surface area contributed by atoms with Crippen molar-refractivity contribution in [1.82, 2.24) is 30.4 Å². The lowest BCUT2D eigenvalue weighted by Gasteiger charge is -2.38. The molecule has 0 bridgehead atoms. The number of likely N-dealkylation sites (tertiary alicyclic amines) is 2. The molecule has 2 fully saturated rings. The van der Waals surface area contributed by atoms with E-state index in [1.807, 2.05) is 24.3 Å². The maximum absolute atomic E-state index is 13.1. The molecule has 312 valence electrons. The first-order valence-corrected chi connectivity index (χ1v) is 20.2. The highest BCUT2D eigenvalue weighted by molar-refractivity contribution is 6.40. The quantitative estimate of drug-likeness (QED) is 0.160. The Kier molecular flexibility index (Phi) is 11.8. The van der Waals surface area contributed by atoms with E-state index >= 15 is 0 Å². The number of nitrogen functional groups attached to an aromatic ring is 2. The molecule has 6 amide bonds. The second-order valence-corrected chi connectivity index (χ2v) is 16.3. The predicted octanol–water partition coefficient (Wildman–Crippen LogP) is 4.31. The highest BCUT2D eigenvalue weighted by Gasteiger charge is 2.37. The molecule has 16 heteroatoms. The van der Waals surface area contributed by atoms with Crippen LogP contribution in [0.5, 0.6) is 0 Å². The second-order valence-electron chi connectivity index (χ2n) is 16.3. The minimum atomic E-state index is -0.696. The first kappa shape index (κ1) is 41.3. The highest BCUT2D eigenvalue weighted by atomic mass is 16.2. The first-order valence-electron chi connectivity index (χ1n) is 20.2. The van der Waals surface area contributed by atoms with E-state index in [-0.39, 0.29) is 23.9 Å². The number of rotatable bonds is 4. The monoisotopic (exact) mass is 814 g/mol. The van der Waals surface area contributed by atoms with E-state index in [1.54, 1.807) is 47.9 Å². The van der Waals surface area contributed by atoms with E-state index in [2.05, 4.69) is 45.1 Å². The zero-order valence-electron chi connectivity index (χ0n) is 34.1. The van der Waals surface area contributed by atoms with Crippen LogP contribution < -0.4 is 32.7 Å². The molecule has 0 saturated carbocycles. The summed E-state index contributed by atoms with van der Waals surface area (Å²) in [4.78, 5) is 86.6. The number of nitrogens with two attached hydrogens (primary N) is 2. The molecule has 8 rings (SSSR count). The summed E-state index contributed by atoms with van der Waals surface area (Å²) in [6.45, 7) is 9.71. The van der Waals surface area contributed by atoms with Gasteiger partial charge in [-0.15, -0.1) is 0 Å². The predicted molar refractivity (Wildman–Crippen MR) is 225 cm³/mol. The minimum absolute atomic E-state index is 0.0754. The number of anilines is 4. The standard InChI is InChI=1S/2C22H25N5O3/c2*1-12-3-6-18(14-4-5-17-15(8-14)9-25-20(17)28)27(11-12)22(30)21(29)26-16-7-13(2)19(23)24-10-16/h2*4-5,7-8,10,12,18H,3,6,9,11H2,1-2H3,(H2,23,24)(H,25,28)(H,26,29)/t2*12-,18+/m10/s1. The van der Waals surface area contributed by atoms with Crippen LogP contribution in [0.4, 0.5) is 23.0 Å². The van der Waals surface area contributed by atoms with Crippen molar-refractivity contribution in [3.05, 3.63) is 105 Å². The molecule has 4 aromatic rings. The van der Waals surface area contributed by atoms with Crippen LogP contribution in [0.3, 0.4) is 0 Å². The van der Waals surface area contributed by atoms with Crippen LogP contribution in [0, 0.1) is 25.7 Å². The third kappa shape index (κ3) is 8.77. The van der Waals surface area contributed by atoms with Crippen LogP contribution in [-0.2, 0) is 32.3 Å². The first-order chi connectivity index (χ1) is 28.7. The fraction of sp³-hybridized carbons (Fsp3) is 0.364. The maximum atomic E-state index is 13.1. The van der Waals surface area contributed by atoms with Gasteiger partial charge in [0.05, 0.1) is 35.9 Å². The van der Waals surface area contributed by atoms with Gasteiger partial charge in [0, 0.05) is 37.3 Å². The van der Waals surface area contributed by atoms with Crippen molar-refractivity contribution < 1.29 is 28.8 Å².